The van der Waals surface area contributed by atoms with Crippen LogP contribution < -0.4 is 5.32 Å². The van der Waals surface area contributed by atoms with Crippen molar-refractivity contribution in [1.82, 2.24) is 15.1 Å². The Labute approximate surface area is 191 Å². The monoisotopic (exact) mass is 455 g/mol. The van der Waals surface area contributed by atoms with Crippen LogP contribution in [0.4, 0.5) is 13.2 Å². The Morgan fingerprint density at radius 1 is 1.03 bits per heavy atom. The van der Waals surface area contributed by atoms with Gasteiger partial charge in [-0.1, -0.05) is 45.0 Å². The molecule has 4 nitrogen and oxygen atoms in total. The maximum absolute atomic E-state index is 13.2. The topological polar surface area (TPSA) is 46.9 Å². The minimum absolute atomic E-state index is 0.137. The van der Waals surface area contributed by atoms with Crippen molar-refractivity contribution in [3.8, 4) is 5.69 Å². The summed E-state index contributed by atoms with van der Waals surface area (Å²) in [6.07, 6.45) is -0.883. The molecule has 0 bridgehead atoms. The van der Waals surface area contributed by atoms with E-state index in [1.54, 1.807) is 6.07 Å². The number of carbonyl (C=O) groups excluding carboxylic acids is 1. The number of aryl methyl sites for hydroxylation is 2. The first-order valence-corrected chi connectivity index (χ1v) is 11.1. The number of amides is 1. The van der Waals surface area contributed by atoms with Gasteiger partial charge >= 0.3 is 6.18 Å². The van der Waals surface area contributed by atoms with Crippen molar-refractivity contribution in [3.05, 3.63) is 82.2 Å². The van der Waals surface area contributed by atoms with E-state index in [1.165, 1.54) is 21.9 Å². The Bertz CT molecular complexity index is 1170. The van der Waals surface area contributed by atoms with E-state index in [2.05, 4.69) is 22.5 Å². The molecule has 0 radical (unpaired) electrons. The van der Waals surface area contributed by atoms with Crippen LogP contribution in [-0.4, -0.2) is 15.7 Å². The van der Waals surface area contributed by atoms with Gasteiger partial charge in [0, 0.05) is 5.41 Å². The van der Waals surface area contributed by atoms with Gasteiger partial charge in [0.05, 0.1) is 35.6 Å². The third kappa shape index (κ3) is 5.29. The maximum atomic E-state index is 13.2. The summed E-state index contributed by atoms with van der Waals surface area (Å²) in [5.41, 5.74) is 4.29. The Morgan fingerprint density at radius 2 is 1.79 bits per heavy atom. The number of halogens is 3. The zero-order chi connectivity index (χ0) is 23.8. The lowest BCUT2D eigenvalue weighted by atomic mass is 9.92. The van der Waals surface area contributed by atoms with Gasteiger partial charge in [-0.15, -0.1) is 0 Å². The lowest BCUT2D eigenvalue weighted by molar-refractivity contribution is -0.137. The molecule has 1 aliphatic carbocycles. The predicted molar refractivity (Wildman–Crippen MR) is 121 cm³/mol. The normalized spacial score (nSPS) is 13.8. The van der Waals surface area contributed by atoms with Crippen LogP contribution >= 0.6 is 0 Å². The van der Waals surface area contributed by atoms with Gasteiger partial charge in [-0.2, -0.15) is 18.3 Å². The Balaban J connectivity index is 1.54. The first-order valence-electron chi connectivity index (χ1n) is 11.1. The molecule has 0 aliphatic heterocycles. The quantitative estimate of drug-likeness (QED) is 0.549. The first-order chi connectivity index (χ1) is 15.5. The van der Waals surface area contributed by atoms with E-state index in [-0.39, 0.29) is 24.3 Å². The van der Waals surface area contributed by atoms with Crippen molar-refractivity contribution >= 4 is 5.91 Å². The van der Waals surface area contributed by atoms with E-state index in [1.807, 2.05) is 32.9 Å². The van der Waals surface area contributed by atoms with Crippen molar-refractivity contribution < 1.29 is 18.0 Å². The minimum Gasteiger partial charge on any atom is -0.350 e. The largest absolute Gasteiger partial charge is 0.416 e. The molecular weight excluding hydrogens is 427 g/mol. The van der Waals surface area contributed by atoms with Gasteiger partial charge in [0.2, 0.25) is 5.91 Å². The molecule has 0 fully saturated rings. The number of aromatic nitrogens is 2. The molecule has 0 saturated carbocycles. The molecule has 33 heavy (non-hydrogen) atoms. The molecule has 0 saturated heterocycles. The van der Waals surface area contributed by atoms with Crippen molar-refractivity contribution in [2.75, 3.05) is 0 Å². The summed E-state index contributed by atoms with van der Waals surface area (Å²) in [7, 11) is 0. The number of hydrogen-bond donors (Lipinski definition) is 1. The third-order valence-corrected chi connectivity index (χ3v) is 5.96. The van der Waals surface area contributed by atoms with E-state index >= 15 is 0 Å². The van der Waals surface area contributed by atoms with E-state index in [9.17, 15) is 18.0 Å². The summed E-state index contributed by atoms with van der Waals surface area (Å²) >= 11 is 0. The third-order valence-electron chi connectivity index (χ3n) is 5.96. The molecule has 1 amide bonds. The van der Waals surface area contributed by atoms with Crippen molar-refractivity contribution in [2.24, 2.45) is 0 Å². The van der Waals surface area contributed by atoms with Crippen LogP contribution in [0.2, 0.25) is 0 Å². The molecule has 3 aromatic rings. The molecule has 1 aromatic heterocycles. The summed E-state index contributed by atoms with van der Waals surface area (Å²) < 4.78 is 41.2. The molecule has 174 valence electrons. The van der Waals surface area contributed by atoms with Crippen molar-refractivity contribution in [1.29, 1.82) is 0 Å². The van der Waals surface area contributed by atoms with E-state index < -0.39 is 11.7 Å². The fourth-order valence-corrected chi connectivity index (χ4v) is 4.12. The zero-order valence-electron chi connectivity index (χ0n) is 19.1. The average molecular weight is 456 g/mol. The number of benzene rings is 2. The van der Waals surface area contributed by atoms with Gasteiger partial charge in [-0.05, 0) is 60.2 Å². The van der Waals surface area contributed by atoms with Crippen LogP contribution in [0.3, 0.4) is 0 Å². The second kappa shape index (κ2) is 8.69. The molecule has 2 aromatic carbocycles. The molecule has 4 rings (SSSR count). The summed E-state index contributed by atoms with van der Waals surface area (Å²) in [6, 6.07) is 13.1. The number of hydrogen-bond acceptors (Lipinski definition) is 2. The molecule has 1 N–H and O–H groups in total. The Morgan fingerprint density at radius 3 is 2.52 bits per heavy atom. The van der Waals surface area contributed by atoms with Crippen LogP contribution in [0.25, 0.3) is 5.69 Å². The van der Waals surface area contributed by atoms with Crippen LogP contribution in [0.5, 0.6) is 0 Å². The second-order valence-electron chi connectivity index (χ2n) is 9.64. The fraction of sp³-hybridized carbons (Fsp3) is 0.385. The molecule has 0 atom stereocenters. The van der Waals surface area contributed by atoms with Gasteiger partial charge in [0.1, 0.15) is 0 Å². The van der Waals surface area contributed by atoms with Gasteiger partial charge in [0.25, 0.3) is 0 Å². The van der Waals surface area contributed by atoms with E-state index in [4.69, 9.17) is 0 Å². The predicted octanol–water partition coefficient (Wildman–Crippen LogP) is 5.54. The molecular formula is C26H28F3N3O. The Kier molecular flexibility index (Phi) is 6.08. The first kappa shape index (κ1) is 23.1. The zero-order valence-corrected chi connectivity index (χ0v) is 19.1. The summed E-state index contributed by atoms with van der Waals surface area (Å²) in [5.74, 6) is -0.137. The highest BCUT2D eigenvalue weighted by Crippen LogP contribution is 2.31. The van der Waals surface area contributed by atoms with Crippen LogP contribution in [0.15, 0.2) is 48.5 Å². The van der Waals surface area contributed by atoms with E-state index in [0.29, 0.717) is 11.4 Å². The highest BCUT2D eigenvalue weighted by molar-refractivity contribution is 5.78. The Hall–Kier alpha value is -3.09. The summed E-state index contributed by atoms with van der Waals surface area (Å²) in [5, 5.41) is 7.49. The highest BCUT2D eigenvalue weighted by Gasteiger charge is 2.31. The van der Waals surface area contributed by atoms with Crippen molar-refractivity contribution in [2.45, 2.75) is 64.6 Å². The average Bonchev–Trinajstić information content (AvgIpc) is 3.38. The number of nitrogens with one attached hydrogen (secondary N) is 1. The number of fused-ring (bicyclic) bond motifs is 1. The minimum atomic E-state index is -4.44. The van der Waals surface area contributed by atoms with Crippen LogP contribution in [-0.2, 0) is 42.2 Å². The number of alkyl halides is 3. The van der Waals surface area contributed by atoms with Gasteiger partial charge < -0.3 is 5.32 Å². The van der Waals surface area contributed by atoms with Gasteiger partial charge in [-0.3, -0.25) is 4.79 Å². The number of carbonyl (C=O) groups is 1. The van der Waals surface area contributed by atoms with E-state index in [0.717, 1.165) is 42.7 Å². The SMILES string of the molecule is CC(C)(C)c1cc(CNC(=O)Cc2ccc3c(c2)CCC3)n(-c2cccc(C(F)(F)F)c2)n1. The fourth-order valence-electron chi connectivity index (χ4n) is 4.12. The number of rotatable bonds is 5. The van der Waals surface area contributed by atoms with Crippen LogP contribution in [0, 0.1) is 0 Å². The van der Waals surface area contributed by atoms with Crippen molar-refractivity contribution in [3.63, 3.8) is 0 Å². The lowest BCUT2D eigenvalue weighted by Gasteiger charge is -2.14. The maximum Gasteiger partial charge on any atom is 0.416 e. The van der Waals surface area contributed by atoms with Gasteiger partial charge in [0.15, 0.2) is 0 Å². The molecule has 1 heterocycles. The number of nitrogens with zero attached hydrogens (tertiary/aromatic N) is 2. The molecule has 7 heteroatoms. The van der Waals surface area contributed by atoms with Crippen LogP contribution in [0.1, 0.15) is 60.8 Å². The smallest absolute Gasteiger partial charge is 0.350 e. The summed E-state index contributed by atoms with van der Waals surface area (Å²) in [6.45, 7) is 6.13. The molecule has 1 aliphatic rings. The summed E-state index contributed by atoms with van der Waals surface area (Å²) in [4.78, 5) is 12.6. The second-order valence-corrected chi connectivity index (χ2v) is 9.64. The molecule has 0 unspecified atom stereocenters. The highest BCUT2D eigenvalue weighted by atomic mass is 19.4. The lowest BCUT2D eigenvalue weighted by Crippen LogP contribution is -2.25. The molecule has 0 spiro atoms. The van der Waals surface area contributed by atoms with Gasteiger partial charge in [-0.25, -0.2) is 4.68 Å². The standard InChI is InChI=1S/C26H28F3N3O/c1-25(2,3)23-15-22(32(31-23)21-9-5-8-20(14-21)26(27,28)29)16-30-24(33)13-17-10-11-18-6-4-7-19(18)12-17/h5,8-12,14-15H,4,6-7,13,16H2,1-3H3,(H,30,33).